The first-order valence-electron chi connectivity index (χ1n) is 4.85. The lowest BCUT2D eigenvalue weighted by atomic mass is 10.1. The Hall–Kier alpha value is -1.60. The summed E-state index contributed by atoms with van der Waals surface area (Å²) in [5.74, 6) is -15.7. The lowest BCUT2D eigenvalue weighted by Gasteiger charge is -2.32. The summed E-state index contributed by atoms with van der Waals surface area (Å²) in [4.78, 5) is 1.80. The molecule has 1 aromatic rings. The molecule has 0 spiro atoms. The van der Waals surface area contributed by atoms with Crippen LogP contribution in [-0.4, -0.2) is 36.7 Å². The number of rotatable bonds is 5. The zero-order valence-corrected chi connectivity index (χ0v) is 10.6. The lowest BCUT2D eigenvalue weighted by molar-refractivity contribution is -0.382. The third-order valence-corrected chi connectivity index (χ3v) is 3.48. The van der Waals surface area contributed by atoms with Gasteiger partial charge in [0.25, 0.3) is 0 Å². The maximum atomic E-state index is 13.1. The van der Waals surface area contributed by atoms with Crippen LogP contribution in [0.15, 0.2) is 18.3 Å². The molecule has 0 aliphatic carbocycles. The van der Waals surface area contributed by atoms with Crippen molar-refractivity contribution in [1.82, 2.24) is 4.98 Å². The van der Waals surface area contributed by atoms with E-state index in [1.165, 1.54) is 0 Å². The Morgan fingerprint density at radius 3 is 1.77 bits per heavy atom. The molecule has 0 saturated heterocycles. The van der Waals surface area contributed by atoms with Crippen LogP contribution in [0.4, 0.5) is 39.5 Å². The molecule has 1 heterocycles. The Morgan fingerprint density at radius 2 is 1.41 bits per heavy atom. The molecule has 22 heavy (non-hydrogen) atoms. The van der Waals surface area contributed by atoms with Crippen molar-refractivity contribution in [3.05, 3.63) is 18.3 Å². The first-order chi connectivity index (χ1) is 9.58. The fourth-order valence-electron chi connectivity index (χ4n) is 1.05. The molecule has 1 rings (SSSR count). The second-order valence-corrected chi connectivity index (χ2v) is 5.32. The summed E-state index contributed by atoms with van der Waals surface area (Å²) in [7, 11) is -6.88. The molecule has 0 aliphatic rings. The van der Waals surface area contributed by atoms with Crippen molar-refractivity contribution in [2.75, 3.05) is 0 Å². The summed E-state index contributed by atoms with van der Waals surface area (Å²) in [6, 6.07) is 1.57. The number of nitrogens with one attached hydrogen (secondary N) is 1. The zero-order valence-electron chi connectivity index (χ0n) is 9.77. The minimum Gasteiger partial charge on any atom is -0.359 e. The number of hydrogen-bond acceptors (Lipinski definition) is 3. The van der Waals surface area contributed by atoms with E-state index in [1.807, 2.05) is 0 Å². The SMILES string of the molecule is O=S(=O)(Oc1ccc[nH]1)C(F)(F)C(F)(F)C(F)(F)C(F)(F)F. The lowest BCUT2D eigenvalue weighted by Crippen LogP contribution is -2.63. The van der Waals surface area contributed by atoms with Crippen molar-refractivity contribution in [2.24, 2.45) is 0 Å². The van der Waals surface area contributed by atoms with Gasteiger partial charge in [0.2, 0.25) is 5.88 Å². The third kappa shape index (κ3) is 2.59. The number of halogens is 9. The molecular formula is C8H4F9NO3S. The molecule has 0 aromatic carbocycles. The summed E-state index contributed by atoms with van der Waals surface area (Å²) < 4.78 is 138. The molecule has 128 valence electrons. The topological polar surface area (TPSA) is 59.2 Å². The van der Waals surface area contributed by atoms with E-state index in [1.54, 1.807) is 4.98 Å². The van der Waals surface area contributed by atoms with Gasteiger partial charge in [-0.05, 0) is 6.07 Å². The molecule has 4 nitrogen and oxygen atoms in total. The van der Waals surface area contributed by atoms with Crippen LogP contribution in [0.5, 0.6) is 5.88 Å². The molecule has 0 bridgehead atoms. The van der Waals surface area contributed by atoms with Crippen molar-refractivity contribution in [1.29, 1.82) is 0 Å². The zero-order chi connectivity index (χ0) is 17.6. The molecule has 0 aliphatic heterocycles. The highest BCUT2D eigenvalue weighted by Gasteiger charge is 2.86. The Labute approximate surface area is 116 Å². The highest BCUT2D eigenvalue weighted by molar-refractivity contribution is 7.88. The van der Waals surface area contributed by atoms with Crippen molar-refractivity contribution < 1.29 is 52.1 Å². The van der Waals surface area contributed by atoms with Gasteiger partial charge >= 0.3 is 33.4 Å². The largest absolute Gasteiger partial charge is 0.460 e. The smallest absolute Gasteiger partial charge is 0.359 e. The molecule has 0 atom stereocenters. The van der Waals surface area contributed by atoms with Crippen LogP contribution >= 0.6 is 0 Å². The predicted molar refractivity (Wildman–Crippen MR) is 51.2 cm³/mol. The van der Waals surface area contributed by atoms with Gasteiger partial charge in [-0.1, -0.05) is 0 Å². The summed E-state index contributed by atoms with van der Waals surface area (Å²) in [5, 5.41) is -6.87. The second kappa shape index (κ2) is 4.96. The van der Waals surface area contributed by atoms with E-state index in [0.717, 1.165) is 12.3 Å². The van der Waals surface area contributed by atoms with Gasteiger partial charge in [-0.25, -0.2) is 0 Å². The van der Waals surface area contributed by atoms with E-state index in [2.05, 4.69) is 4.18 Å². The standard InChI is InChI=1S/C8H4F9NO3S/c9-5(10,7(13,14)15)6(11,12)8(16,17)22(19,20)21-4-2-1-3-18-4/h1-3,18H. The molecule has 1 aromatic heterocycles. The fourth-order valence-corrected chi connectivity index (χ4v) is 1.94. The van der Waals surface area contributed by atoms with Gasteiger partial charge in [0, 0.05) is 12.3 Å². The Bertz CT molecular complexity index is 620. The molecule has 0 saturated carbocycles. The molecule has 0 fully saturated rings. The number of aromatic amines is 1. The van der Waals surface area contributed by atoms with Crippen LogP contribution in [0, 0.1) is 0 Å². The molecule has 14 heteroatoms. The van der Waals surface area contributed by atoms with Gasteiger partial charge in [-0.15, -0.1) is 0 Å². The van der Waals surface area contributed by atoms with Crippen LogP contribution in [0.1, 0.15) is 0 Å². The van der Waals surface area contributed by atoms with Gasteiger partial charge in [-0.3, -0.25) is 0 Å². The number of alkyl halides is 9. The highest BCUT2D eigenvalue weighted by atomic mass is 32.2. The van der Waals surface area contributed by atoms with Crippen LogP contribution < -0.4 is 4.18 Å². The molecule has 0 unspecified atom stereocenters. The van der Waals surface area contributed by atoms with E-state index < -0.39 is 39.3 Å². The monoisotopic (exact) mass is 365 g/mol. The highest BCUT2D eigenvalue weighted by Crippen LogP contribution is 2.54. The first kappa shape index (κ1) is 18.4. The van der Waals surface area contributed by atoms with E-state index in [4.69, 9.17) is 0 Å². The minimum absolute atomic E-state index is 0.619. The first-order valence-corrected chi connectivity index (χ1v) is 6.26. The van der Waals surface area contributed by atoms with Crippen molar-refractivity contribution in [2.45, 2.75) is 23.3 Å². The van der Waals surface area contributed by atoms with Crippen molar-refractivity contribution in [3.63, 3.8) is 0 Å². The number of hydrogen-bond donors (Lipinski definition) is 1. The summed E-state index contributed by atoms with van der Waals surface area (Å²) in [6.07, 6.45) is -6.24. The van der Waals surface area contributed by atoms with Crippen molar-refractivity contribution >= 4 is 10.1 Å². The molecule has 1 N–H and O–H groups in total. The molecular weight excluding hydrogens is 361 g/mol. The minimum atomic E-state index is -7.32. The Morgan fingerprint density at radius 1 is 0.909 bits per heavy atom. The third-order valence-electron chi connectivity index (χ3n) is 2.20. The average molecular weight is 365 g/mol. The normalized spacial score (nSPS) is 15.0. The predicted octanol–water partition coefficient (Wildman–Crippen LogP) is 3.15. The fraction of sp³-hybridized carbons (Fsp3) is 0.500. The van der Waals surface area contributed by atoms with E-state index in [9.17, 15) is 47.9 Å². The summed E-state index contributed by atoms with van der Waals surface area (Å²) in [5.41, 5.74) is 0. The maximum absolute atomic E-state index is 13.1. The van der Waals surface area contributed by atoms with E-state index in [-0.39, 0.29) is 0 Å². The molecule has 0 radical (unpaired) electrons. The quantitative estimate of drug-likeness (QED) is 0.644. The average Bonchev–Trinajstić information content (AvgIpc) is 2.78. The molecule has 0 amide bonds. The van der Waals surface area contributed by atoms with E-state index >= 15 is 0 Å². The van der Waals surface area contributed by atoms with Gasteiger partial charge in [0.05, 0.1) is 0 Å². The second-order valence-electron chi connectivity index (χ2n) is 3.74. The number of aromatic nitrogens is 1. The van der Waals surface area contributed by atoms with Crippen molar-refractivity contribution in [3.8, 4) is 5.88 Å². The van der Waals surface area contributed by atoms with Crippen LogP contribution in [-0.2, 0) is 10.1 Å². The van der Waals surface area contributed by atoms with Gasteiger partial charge < -0.3 is 9.17 Å². The van der Waals surface area contributed by atoms with Gasteiger partial charge in [0.1, 0.15) is 0 Å². The Balaban J connectivity index is 3.32. The van der Waals surface area contributed by atoms with Crippen LogP contribution in [0.2, 0.25) is 0 Å². The maximum Gasteiger partial charge on any atom is 0.460 e. The van der Waals surface area contributed by atoms with Crippen LogP contribution in [0.25, 0.3) is 0 Å². The summed E-state index contributed by atoms with van der Waals surface area (Å²) in [6.45, 7) is 0. The number of H-pyrrole nitrogens is 1. The van der Waals surface area contributed by atoms with Gasteiger partial charge in [0.15, 0.2) is 0 Å². The van der Waals surface area contributed by atoms with E-state index in [0.29, 0.717) is 6.07 Å². The van der Waals surface area contributed by atoms with Crippen LogP contribution in [0.3, 0.4) is 0 Å². The van der Waals surface area contributed by atoms with Gasteiger partial charge in [-0.2, -0.15) is 47.9 Å². The summed E-state index contributed by atoms with van der Waals surface area (Å²) >= 11 is 0. The Kier molecular flexibility index (Phi) is 4.16.